The van der Waals surface area contributed by atoms with Crippen molar-refractivity contribution >= 4 is 5.91 Å². The van der Waals surface area contributed by atoms with Crippen LogP contribution in [-0.2, 0) is 6.54 Å². The topological polar surface area (TPSA) is 43.8 Å². The number of likely N-dealkylation sites (tertiary alicyclic amines) is 1. The van der Waals surface area contributed by atoms with E-state index in [1.807, 2.05) is 54.4 Å². The third-order valence-corrected chi connectivity index (χ3v) is 5.90. The lowest BCUT2D eigenvalue weighted by atomic mass is 9.76. The third kappa shape index (κ3) is 2.57. The Morgan fingerprint density at radius 3 is 2.56 bits per heavy atom. The predicted molar refractivity (Wildman–Crippen MR) is 97.1 cm³/mol. The van der Waals surface area contributed by atoms with E-state index in [2.05, 4.69) is 24.0 Å². The number of carbonyl (C=O) groups excluding carboxylic acids is 1. The highest BCUT2D eigenvalue weighted by atomic mass is 16.3. The average molecular weight is 336 g/mol. The maximum atomic E-state index is 12.9. The fraction of sp³-hybridized carbons (Fsp3) is 0.381. The first kappa shape index (κ1) is 16.3. The molecule has 2 aliphatic rings. The van der Waals surface area contributed by atoms with Crippen LogP contribution in [0, 0.1) is 5.41 Å². The van der Waals surface area contributed by atoms with E-state index in [9.17, 15) is 9.90 Å². The molecule has 2 aliphatic heterocycles. The lowest BCUT2D eigenvalue weighted by Gasteiger charge is -2.37. The summed E-state index contributed by atoms with van der Waals surface area (Å²) in [5, 5.41) is 11.2. The summed E-state index contributed by atoms with van der Waals surface area (Å²) in [5.74, 6) is 0.00457. The van der Waals surface area contributed by atoms with E-state index in [1.54, 1.807) is 0 Å². The number of benzene rings is 2. The Balaban J connectivity index is 1.68. The van der Waals surface area contributed by atoms with Gasteiger partial charge in [-0.3, -0.25) is 9.69 Å². The summed E-state index contributed by atoms with van der Waals surface area (Å²) in [6, 6.07) is 17.8. The van der Waals surface area contributed by atoms with Crippen molar-refractivity contribution in [2.45, 2.75) is 25.6 Å². The first-order valence-corrected chi connectivity index (χ1v) is 8.81. The molecule has 0 aromatic heterocycles. The van der Waals surface area contributed by atoms with Gasteiger partial charge in [0, 0.05) is 37.7 Å². The standard InChI is InChI=1S/C21H24N2O2/c1-21-14-23(12-15-8-4-3-5-9-15)13-18(21)22(2)20(25)17-11-7-6-10-16(17)19(21)24/h3-11,18-19,24H,12-14H2,1-2H3/t18-,19+,21+/m1/s1. The Morgan fingerprint density at radius 2 is 1.80 bits per heavy atom. The van der Waals surface area contributed by atoms with Gasteiger partial charge in [0.05, 0.1) is 12.1 Å². The Labute approximate surface area is 148 Å². The summed E-state index contributed by atoms with van der Waals surface area (Å²) >= 11 is 0. The van der Waals surface area contributed by atoms with E-state index in [1.165, 1.54) is 5.56 Å². The van der Waals surface area contributed by atoms with E-state index in [-0.39, 0.29) is 17.4 Å². The lowest BCUT2D eigenvalue weighted by Crippen LogP contribution is -2.47. The summed E-state index contributed by atoms with van der Waals surface area (Å²) in [6.07, 6.45) is -0.650. The van der Waals surface area contributed by atoms with Crippen LogP contribution >= 0.6 is 0 Å². The molecule has 130 valence electrons. The van der Waals surface area contributed by atoms with Crippen LogP contribution in [0.4, 0.5) is 0 Å². The molecular weight excluding hydrogens is 312 g/mol. The van der Waals surface area contributed by atoms with Gasteiger partial charge >= 0.3 is 0 Å². The maximum absolute atomic E-state index is 12.9. The van der Waals surface area contributed by atoms with Crippen molar-refractivity contribution in [3.63, 3.8) is 0 Å². The highest BCUT2D eigenvalue weighted by molar-refractivity contribution is 5.96. The van der Waals surface area contributed by atoms with E-state index in [0.29, 0.717) is 5.56 Å². The number of amides is 1. The van der Waals surface area contributed by atoms with Gasteiger partial charge in [-0.15, -0.1) is 0 Å². The van der Waals surface area contributed by atoms with Gasteiger partial charge in [0.2, 0.25) is 0 Å². The lowest BCUT2D eigenvalue weighted by molar-refractivity contribution is 0.00629. The Morgan fingerprint density at radius 1 is 1.12 bits per heavy atom. The van der Waals surface area contributed by atoms with E-state index < -0.39 is 6.10 Å². The highest BCUT2D eigenvalue weighted by Gasteiger charge is 2.53. The highest BCUT2D eigenvalue weighted by Crippen LogP contribution is 2.47. The molecule has 0 spiro atoms. The average Bonchev–Trinajstić information content (AvgIpc) is 2.95. The van der Waals surface area contributed by atoms with Crippen molar-refractivity contribution in [2.75, 3.05) is 20.1 Å². The van der Waals surface area contributed by atoms with Gasteiger partial charge < -0.3 is 10.0 Å². The minimum absolute atomic E-state index is 0.00457. The molecule has 3 atom stereocenters. The predicted octanol–water partition coefficient (Wildman–Crippen LogP) is 2.70. The molecule has 4 nitrogen and oxygen atoms in total. The Hall–Kier alpha value is -2.17. The minimum Gasteiger partial charge on any atom is -0.388 e. The second-order valence-electron chi connectivity index (χ2n) is 7.58. The van der Waals surface area contributed by atoms with Crippen molar-refractivity contribution in [2.24, 2.45) is 5.41 Å². The van der Waals surface area contributed by atoms with Crippen molar-refractivity contribution < 1.29 is 9.90 Å². The zero-order valence-corrected chi connectivity index (χ0v) is 14.7. The summed E-state index contributed by atoms with van der Waals surface area (Å²) in [5.41, 5.74) is 2.26. The molecule has 25 heavy (non-hydrogen) atoms. The second kappa shape index (κ2) is 5.97. The van der Waals surface area contributed by atoms with Gasteiger partial charge in [0.15, 0.2) is 0 Å². The molecule has 4 heteroatoms. The van der Waals surface area contributed by atoms with Crippen molar-refractivity contribution in [3.8, 4) is 0 Å². The molecule has 0 radical (unpaired) electrons. The molecule has 0 saturated carbocycles. The normalized spacial score (nSPS) is 29.2. The molecule has 4 rings (SSSR count). The third-order valence-electron chi connectivity index (χ3n) is 5.90. The van der Waals surface area contributed by atoms with Crippen LogP contribution in [0.1, 0.15) is 34.5 Å². The molecule has 0 aliphatic carbocycles. The SMILES string of the molecule is CN1C(=O)c2ccccc2[C@H](O)[C@@]2(C)CN(Cc3ccccc3)C[C@@H]12. The number of likely N-dealkylation sites (N-methyl/N-ethyl adjacent to an activating group) is 1. The molecule has 1 N–H and O–H groups in total. The summed E-state index contributed by atoms with van der Waals surface area (Å²) < 4.78 is 0. The zero-order chi connectivity index (χ0) is 17.6. The van der Waals surface area contributed by atoms with Crippen molar-refractivity contribution in [1.29, 1.82) is 0 Å². The molecule has 2 heterocycles. The molecule has 1 saturated heterocycles. The fourth-order valence-corrected chi connectivity index (χ4v) is 4.52. The van der Waals surface area contributed by atoms with E-state index >= 15 is 0 Å². The van der Waals surface area contributed by atoms with Crippen LogP contribution in [0.3, 0.4) is 0 Å². The van der Waals surface area contributed by atoms with Gasteiger partial charge in [-0.2, -0.15) is 0 Å². The van der Waals surface area contributed by atoms with Gasteiger partial charge in [-0.1, -0.05) is 55.5 Å². The Bertz CT molecular complexity index is 791. The van der Waals surface area contributed by atoms with Crippen LogP contribution in [0.2, 0.25) is 0 Å². The maximum Gasteiger partial charge on any atom is 0.254 e. The molecular formula is C21H24N2O2. The van der Waals surface area contributed by atoms with Gasteiger partial charge in [-0.05, 0) is 17.2 Å². The Kier molecular flexibility index (Phi) is 3.89. The largest absolute Gasteiger partial charge is 0.388 e. The zero-order valence-electron chi connectivity index (χ0n) is 14.7. The van der Waals surface area contributed by atoms with Crippen molar-refractivity contribution in [3.05, 3.63) is 71.3 Å². The molecule has 0 unspecified atom stereocenters. The monoisotopic (exact) mass is 336 g/mol. The number of aliphatic hydroxyl groups is 1. The minimum atomic E-state index is -0.650. The summed E-state index contributed by atoms with van der Waals surface area (Å²) in [6.45, 7) is 4.49. The molecule has 0 bridgehead atoms. The summed E-state index contributed by atoms with van der Waals surface area (Å²) in [4.78, 5) is 17.1. The van der Waals surface area contributed by atoms with Gasteiger partial charge in [0.1, 0.15) is 0 Å². The number of aliphatic hydroxyl groups excluding tert-OH is 1. The molecule has 2 aromatic rings. The van der Waals surface area contributed by atoms with E-state index in [4.69, 9.17) is 0 Å². The van der Waals surface area contributed by atoms with Crippen LogP contribution in [0.5, 0.6) is 0 Å². The van der Waals surface area contributed by atoms with E-state index in [0.717, 1.165) is 25.2 Å². The number of carbonyl (C=O) groups is 1. The van der Waals surface area contributed by atoms with Gasteiger partial charge in [0.25, 0.3) is 5.91 Å². The van der Waals surface area contributed by atoms with Gasteiger partial charge in [-0.25, -0.2) is 0 Å². The summed E-state index contributed by atoms with van der Waals surface area (Å²) in [7, 11) is 1.87. The van der Waals surface area contributed by atoms with Crippen LogP contribution in [-0.4, -0.2) is 47.0 Å². The molecule has 2 aromatic carbocycles. The number of rotatable bonds is 2. The number of hydrogen-bond donors (Lipinski definition) is 1. The van der Waals surface area contributed by atoms with Crippen molar-refractivity contribution in [1.82, 2.24) is 9.80 Å². The quantitative estimate of drug-likeness (QED) is 0.917. The second-order valence-corrected chi connectivity index (χ2v) is 7.58. The first-order chi connectivity index (χ1) is 12.0. The first-order valence-electron chi connectivity index (χ1n) is 8.81. The smallest absolute Gasteiger partial charge is 0.254 e. The number of fused-ring (bicyclic) bond motifs is 2. The van der Waals surface area contributed by atoms with Crippen LogP contribution < -0.4 is 0 Å². The fourth-order valence-electron chi connectivity index (χ4n) is 4.52. The van der Waals surface area contributed by atoms with Crippen LogP contribution in [0.25, 0.3) is 0 Å². The number of hydrogen-bond acceptors (Lipinski definition) is 3. The molecule has 1 fully saturated rings. The van der Waals surface area contributed by atoms with Crippen LogP contribution in [0.15, 0.2) is 54.6 Å². The molecule has 1 amide bonds. The number of nitrogens with zero attached hydrogens (tertiary/aromatic N) is 2.